The van der Waals surface area contributed by atoms with Gasteiger partial charge in [-0.05, 0) is 55.3 Å². The third-order valence-corrected chi connectivity index (χ3v) is 3.30. The Labute approximate surface area is 143 Å². The van der Waals surface area contributed by atoms with E-state index in [9.17, 15) is 22.8 Å². The van der Waals surface area contributed by atoms with Crippen molar-refractivity contribution in [2.45, 2.75) is 26.4 Å². The molecule has 0 aliphatic carbocycles. The Hall–Kier alpha value is -2.83. The zero-order chi connectivity index (χ0) is 18.6. The van der Waals surface area contributed by atoms with E-state index in [4.69, 9.17) is 0 Å². The smallest absolute Gasteiger partial charge is 0.326 e. The maximum atomic E-state index is 12.6. The first kappa shape index (κ1) is 18.5. The summed E-state index contributed by atoms with van der Waals surface area (Å²) >= 11 is 0. The maximum absolute atomic E-state index is 12.6. The van der Waals surface area contributed by atoms with Crippen molar-refractivity contribution in [1.82, 2.24) is 0 Å². The number of anilines is 2. The largest absolute Gasteiger partial charge is 0.416 e. The summed E-state index contributed by atoms with van der Waals surface area (Å²) in [5, 5.41) is 4.89. The SMILES string of the molecule is Cc1cc(C)cc(NC(=O)CC(=O)Nc2cccc(C(F)(F)F)c2)c1. The van der Waals surface area contributed by atoms with E-state index in [1.165, 1.54) is 12.1 Å². The van der Waals surface area contributed by atoms with Crippen molar-refractivity contribution >= 4 is 23.2 Å². The number of halogens is 3. The highest BCUT2D eigenvalue weighted by molar-refractivity contribution is 6.08. The van der Waals surface area contributed by atoms with Crippen molar-refractivity contribution in [2.75, 3.05) is 10.6 Å². The number of carbonyl (C=O) groups excluding carboxylic acids is 2. The molecular formula is C18H17F3N2O2. The Morgan fingerprint density at radius 1 is 0.880 bits per heavy atom. The molecule has 2 rings (SSSR count). The molecule has 132 valence electrons. The van der Waals surface area contributed by atoms with Crippen LogP contribution in [-0.2, 0) is 15.8 Å². The maximum Gasteiger partial charge on any atom is 0.416 e. The highest BCUT2D eigenvalue weighted by atomic mass is 19.4. The lowest BCUT2D eigenvalue weighted by Crippen LogP contribution is -2.21. The van der Waals surface area contributed by atoms with Gasteiger partial charge >= 0.3 is 6.18 Å². The second kappa shape index (κ2) is 7.38. The van der Waals surface area contributed by atoms with Gasteiger partial charge in [0.15, 0.2) is 0 Å². The van der Waals surface area contributed by atoms with E-state index in [-0.39, 0.29) is 5.69 Å². The van der Waals surface area contributed by atoms with Gasteiger partial charge in [0.25, 0.3) is 0 Å². The van der Waals surface area contributed by atoms with Gasteiger partial charge < -0.3 is 10.6 Å². The predicted molar refractivity (Wildman–Crippen MR) is 89.2 cm³/mol. The fraction of sp³-hybridized carbons (Fsp3) is 0.222. The molecule has 2 aromatic rings. The number of aryl methyl sites for hydroxylation is 2. The molecular weight excluding hydrogens is 333 g/mol. The number of rotatable bonds is 4. The van der Waals surface area contributed by atoms with Crippen LogP contribution < -0.4 is 10.6 Å². The zero-order valence-corrected chi connectivity index (χ0v) is 13.7. The summed E-state index contributed by atoms with van der Waals surface area (Å²) in [7, 11) is 0. The van der Waals surface area contributed by atoms with Crippen molar-refractivity contribution in [2.24, 2.45) is 0 Å². The van der Waals surface area contributed by atoms with Gasteiger partial charge in [-0.3, -0.25) is 9.59 Å². The molecule has 2 aromatic carbocycles. The van der Waals surface area contributed by atoms with Crippen LogP contribution in [0.5, 0.6) is 0 Å². The Bertz CT molecular complexity index is 781. The quantitative estimate of drug-likeness (QED) is 0.808. The molecule has 0 aromatic heterocycles. The van der Waals surface area contributed by atoms with Crippen LogP contribution >= 0.6 is 0 Å². The number of nitrogens with one attached hydrogen (secondary N) is 2. The summed E-state index contributed by atoms with van der Waals surface area (Å²) in [5.74, 6) is -1.24. The van der Waals surface area contributed by atoms with Crippen LogP contribution in [0.25, 0.3) is 0 Å². The van der Waals surface area contributed by atoms with Crippen LogP contribution in [0.15, 0.2) is 42.5 Å². The average molecular weight is 350 g/mol. The van der Waals surface area contributed by atoms with Crippen molar-refractivity contribution in [3.8, 4) is 0 Å². The van der Waals surface area contributed by atoms with Crippen molar-refractivity contribution in [1.29, 1.82) is 0 Å². The lowest BCUT2D eigenvalue weighted by atomic mass is 10.1. The van der Waals surface area contributed by atoms with Crippen LogP contribution in [0.2, 0.25) is 0 Å². The second-order valence-corrected chi connectivity index (χ2v) is 5.73. The molecule has 0 saturated carbocycles. The number of benzene rings is 2. The number of hydrogen-bond donors (Lipinski definition) is 2. The van der Waals surface area contributed by atoms with Crippen molar-refractivity contribution < 1.29 is 22.8 Å². The van der Waals surface area contributed by atoms with Gasteiger partial charge in [0, 0.05) is 11.4 Å². The van der Waals surface area contributed by atoms with Crippen molar-refractivity contribution in [3.05, 3.63) is 59.2 Å². The lowest BCUT2D eigenvalue weighted by Gasteiger charge is -2.10. The molecule has 0 heterocycles. The molecule has 0 aliphatic rings. The molecule has 0 aliphatic heterocycles. The minimum Gasteiger partial charge on any atom is -0.326 e. The first-order valence-electron chi connectivity index (χ1n) is 7.49. The van der Waals surface area contributed by atoms with Gasteiger partial charge in [-0.2, -0.15) is 13.2 Å². The topological polar surface area (TPSA) is 58.2 Å². The highest BCUT2D eigenvalue weighted by Gasteiger charge is 2.30. The zero-order valence-electron chi connectivity index (χ0n) is 13.7. The second-order valence-electron chi connectivity index (χ2n) is 5.73. The number of amides is 2. The lowest BCUT2D eigenvalue weighted by molar-refractivity contribution is -0.137. The van der Waals surface area contributed by atoms with Crippen LogP contribution in [-0.4, -0.2) is 11.8 Å². The monoisotopic (exact) mass is 350 g/mol. The fourth-order valence-corrected chi connectivity index (χ4v) is 2.38. The molecule has 2 amide bonds. The summed E-state index contributed by atoms with van der Waals surface area (Å²) in [6.45, 7) is 3.76. The normalized spacial score (nSPS) is 11.1. The first-order valence-corrected chi connectivity index (χ1v) is 7.49. The Morgan fingerprint density at radius 2 is 1.44 bits per heavy atom. The van der Waals surface area contributed by atoms with E-state index in [0.717, 1.165) is 23.3 Å². The van der Waals surface area contributed by atoms with Gasteiger partial charge in [0.1, 0.15) is 6.42 Å². The molecule has 4 nitrogen and oxygen atoms in total. The summed E-state index contributed by atoms with van der Waals surface area (Å²) in [6, 6.07) is 9.70. The summed E-state index contributed by atoms with van der Waals surface area (Å²) in [5.41, 5.74) is 1.60. The molecule has 0 bridgehead atoms. The Balaban J connectivity index is 1.97. The van der Waals surface area contributed by atoms with E-state index in [1.807, 2.05) is 19.9 Å². The number of carbonyl (C=O) groups is 2. The fourth-order valence-electron chi connectivity index (χ4n) is 2.38. The molecule has 0 radical (unpaired) electrons. The van der Waals surface area contributed by atoms with E-state index in [1.54, 1.807) is 12.1 Å². The Kier molecular flexibility index (Phi) is 5.46. The molecule has 0 unspecified atom stereocenters. The number of hydrogen-bond acceptors (Lipinski definition) is 2. The van der Waals surface area contributed by atoms with Gasteiger partial charge in [-0.25, -0.2) is 0 Å². The molecule has 0 atom stereocenters. The summed E-state index contributed by atoms with van der Waals surface area (Å²) in [6.07, 6.45) is -5.00. The molecule has 25 heavy (non-hydrogen) atoms. The predicted octanol–water partition coefficient (Wildman–Crippen LogP) is 4.29. The van der Waals surface area contributed by atoms with E-state index in [2.05, 4.69) is 10.6 Å². The van der Waals surface area contributed by atoms with Gasteiger partial charge in [0.2, 0.25) is 11.8 Å². The Morgan fingerprint density at radius 3 is 2.00 bits per heavy atom. The van der Waals surface area contributed by atoms with Gasteiger partial charge in [0.05, 0.1) is 5.56 Å². The van der Waals surface area contributed by atoms with Crippen LogP contribution in [0.3, 0.4) is 0 Å². The van der Waals surface area contributed by atoms with Crippen LogP contribution in [0.4, 0.5) is 24.5 Å². The van der Waals surface area contributed by atoms with Gasteiger partial charge in [-0.1, -0.05) is 12.1 Å². The molecule has 7 heteroatoms. The standard InChI is InChI=1S/C18H17F3N2O2/c1-11-6-12(2)8-15(7-11)23-17(25)10-16(24)22-14-5-3-4-13(9-14)18(19,20)21/h3-9H,10H2,1-2H3,(H,22,24)(H,23,25). The van der Waals surface area contributed by atoms with Gasteiger partial charge in [-0.15, -0.1) is 0 Å². The molecule has 0 spiro atoms. The third-order valence-electron chi connectivity index (χ3n) is 3.30. The minimum atomic E-state index is -4.50. The average Bonchev–Trinajstić information content (AvgIpc) is 2.44. The van der Waals surface area contributed by atoms with E-state index in [0.29, 0.717) is 5.69 Å². The third kappa shape index (κ3) is 5.63. The summed E-state index contributed by atoms with van der Waals surface area (Å²) < 4.78 is 37.9. The van der Waals surface area contributed by atoms with Crippen molar-refractivity contribution in [3.63, 3.8) is 0 Å². The van der Waals surface area contributed by atoms with Crippen LogP contribution in [0.1, 0.15) is 23.1 Å². The molecule has 0 saturated heterocycles. The van der Waals surface area contributed by atoms with E-state index >= 15 is 0 Å². The summed E-state index contributed by atoms with van der Waals surface area (Å²) in [4.78, 5) is 23.8. The first-order chi connectivity index (χ1) is 11.6. The highest BCUT2D eigenvalue weighted by Crippen LogP contribution is 2.30. The van der Waals surface area contributed by atoms with Crippen LogP contribution in [0, 0.1) is 13.8 Å². The number of alkyl halides is 3. The molecule has 2 N–H and O–H groups in total. The minimum absolute atomic E-state index is 0.0148. The molecule has 0 fully saturated rings. The van der Waals surface area contributed by atoms with E-state index < -0.39 is 30.0 Å².